The second kappa shape index (κ2) is 9.11. The normalized spacial score (nSPS) is 16.8. The third kappa shape index (κ3) is 4.48. The Hall–Kier alpha value is -2.49. The average molecular weight is 416 g/mol. The van der Waals surface area contributed by atoms with Crippen LogP contribution in [-0.4, -0.2) is 66.9 Å². The first-order chi connectivity index (χ1) is 14.2. The van der Waals surface area contributed by atoms with Gasteiger partial charge in [0, 0.05) is 23.6 Å². The van der Waals surface area contributed by atoms with Gasteiger partial charge in [-0.15, -0.1) is 0 Å². The van der Waals surface area contributed by atoms with Gasteiger partial charge < -0.3 is 30.3 Å². The smallest absolute Gasteiger partial charge is 0.226 e. The van der Waals surface area contributed by atoms with Crippen molar-refractivity contribution < 1.29 is 30.3 Å². The molecule has 3 aromatic rings. The van der Waals surface area contributed by atoms with Gasteiger partial charge in [0.25, 0.3) is 0 Å². The second-order valence-electron chi connectivity index (χ2n) is 7.70. The Bertz CT molecular complexity index is 1000. The van der Waals surface area contributed by atoms with Crippen LogP contribution in [0.15, 0.2) is 36.4 Å². The van der Waals surface area contributed by atoms with Crippen molar-refractivity contribution in [3.63, 3.8) is 0 Å². The van der Waals surface area contributed by atoms with Crippen molar-refractivity contribution in [3.8, 4) is 16.9 Å². The van der Waals surface area contributed by atoms with E-state index in [1.54, 1.807) is 13.0 Å². The van der Waals surface area contributed by atoms with Gasteiger partial charge >= 0.3 is 0 Å². The lowest BCUT2D eigenvalue weighted by Gasteiger charge is -2.29. The van der Waals surface area contributed by atoms with E-state index < -0.39 is 30.5 Å². The minimum absolute atomic E-state index is 0.336. The second-order valence-corrected chi connectivity index (χ2v) is 7.70. The van der Waals surface area contributed by atoms with Gasteiger partial charge in [0.05, 0.1) is 11.6 Å². The number of hydrogen-bond acceptors (Lipinski definition) is 7. The number of aliphatic hydroxyl groups is 5. The Morgan fingerprint density at radius 2 is 1.60 bits per heavy atom. The van der Waals surface area contributed by atoms with Crippen molar-refractivity contribution >= 4 is 10.9 Å². The number of aryl methyl sites for hydroxylation is 2. The molecule has 0 fully saturated rings. The topological polar surface area (TPSA) is 139 Å². The first kappa shape index (κ1) is 22.2. The Kier molecular flexibility index (Phi) is 6.74. The predicted molar refractivity (Wildman–Crippen MR) is 112 cm³/mol. The van der Waals surface area contributed by atoms with E-state index in [0.717, 1.165) is 33.3 Å². The predicted octanol–water partition coefficient (Wildman–Crippen LogP) is 1.26. The molecule has 5 unspecified atom stereocenters. The molecule has 0 bridgehead atoms. The summed E-state index contributed by atoms with van der Waals surface area (Å²) < 4.78 is 5.42. The van der Waals surface area contributed by atoms with Gasteiger partial charge in [0.15, 0.2) is 0 Å². The molecule has 0 spiro atoms. The van der Waals surface area contributed by atoms with Crippen LogP contribution in [0.25, 0.3) is 22.0 Å². The Morgan fingerprint density at radius 3 is 2.27 bits per heavy atom. The van der Waals surface area contributed by atoms with Gasteiger partial charge in [-0.1, -0.05) is 19.1 Å². The molecule has 3 rings (SSSR count). The number of aromatic nitrogens is 2. The molecule has 8 nitrogen and oxygen atoms in total. The minimum atomic E-state index is -1.75. The molecule has 0 aliphatic carbocycles. The van der Waals surface area contributed by atoms with Crippen LogP contribution < -0.4 is 4.74 Å². The van der Waals surface area contributed by atoms with Crippen molar-refractivity contribution in [2.24, 2.45) is 5.92 Å². The third-order valence-corrected chi connectivity index (χ3v) is 5.36. The van der Waals surface area contributed by atoms with Crippen LogP contribution in [0.4, 0.5) is 0 Å². The molecule has 8 heteroatoms. The highest BCUT2D eigenvalue weighted by molar-refractivity contribution is 5.86. The maximum Gasteiger partial charge on any atom is 0.226 e. The molecule has 162 valence electrons. The fourth-order valence-corrected chi connectivity index (χ4v) is 3.29. The number of benzene rings is 2. The molecule has 0 radical (unpaired) electrons. The van der Waals surface area contributed by atoms with Crippen LogP contribution in [0.5, 0.6) is 5.75 Å². The molecule has 0 aliphatic rings. The monoisotopic (exact) mass is 416 g/mol. The van der Waals surface area contributed by atoms with Crippen LogP contribution >= 0.6 is 0 Å². The number of nitrogens with one attached hydrogen (secondary N) is 1. The fraction of sp³-hybridized carbons (Fsp3) is 0.409. The highest BCUT2D eigenvalue weighted by Gasteiger charge is 2.34. The molecule has 5 atom stereocenters. The highest BCUT2D eigenvalue weighted by Crippen LogP contribution is 2.30. The molecule has 1 aromatic heterocycles. The molecule has 0 amide bonds. The van der Waals surface area contributed by atoms with Crippen LogP contribution in [-0.2, 0) is 0 Å². The van der Waals surface area contributed by atoms with Gasteiger partial charge in [-0.2, -0.15) is 5.10 Å². The molecule has 1 heterocycles. The Morgan fingerprint density at radius 1 is 0.933 bits per heavy atom. The molecule has 2 aromatic carbocycles. The summed E-state index contributed by atoms with van der Waals surface area (Å²) in [5, 5.41) is 57.5. The molecular formula is C22H28N2O6. The maximum absolute atomic E-state index is 10.2. The first-order valence-corrected chi connectivity index (χ1v) is 9.78. The standard InChI is InChI=1S/C22H28N2O6/c1-11-8-14(15-4-6-17-16(9-15)13(3)23-24-17)5-7-18(11)30-22(29)21(28)20(27)19(26)12(2)10-25/h4-9,12,19-22,25-29H,10H2,1-3H3,(H,23,24). The number of nitrogens with zero attached hydrogens (tertiary/aromatic N) is 1. The summed E-state index contributed by atoms with van der Waals surface area (Å²) in [7, 11) is 0. The number of H-pyrrole nitrogens is 1. The van der Waals surface area contributed by atoms with Crippen LogP contribution in [0, 0.1) is 19.8 Å². The molecule has 6 N–H and O–H groups in total. The average Bonchev–Trinajstić information content (AvgIpc) is 3.12. The zero-order valence-electron chi connectivity index (χ0n) is 17.1. The summed E-state index contributed by atoms with van der Waals surface area (Å²) in [4.78, 5) is 0. The van der Waals surface area contributed by atoms with Crippen molar-refractivity contribution in [3.05, 3.63) is 47.7 Å². The van der Waals surface area contributed by atoms with Gasteiger partial charge in [-0.3, -0.25) is 5.10 Å². The van der Waals surface area contributed by atoms with Crippen molar-refractivity contribution in [1.29, 1.82) is 0 Å². The summed E-state index contributed by atoms with van der Waals surface area (Å²) in [5.74, 6) is -0.332. The molecule has 0 saturated carbocycles. The van der Waals surface area contributed by atoms with Crippen LogP contribution in [0.1, 0.15) is 18.2 Å². The number of aromatic amines is 1. The Balaban J connectivity index is 1.75. The molecule has 0 saturated heterocycles. The van der Waals surface area contributed by atoms with E-state index >= 15 is 0 Å². The maximum atomic E-state index is 10.2. The number of hydrogen-bond donors (Lipinski definition) is 6. The first-order valence-electron chi connectivity index (χ1n) is 9.78. The lowest BCUT2D eigenvalue weighted by atomic mass is 9.96. The highest BCUT2D eigenvalue weighted by atomic mass is 16.6. The van der Waals surface area contributed by atoms with Gasteiger partial charge in [-0.25, -0.2) is 0 Å². The molecular weight excluding hydrogens is 388 g/mol. The van der Waals surface area contributed by atoms with E-state index in [4.69, 9.17) is 9.84 Å². The molecule has 0 aliphatic heterocycles. The van der Waals surface area contributed by atoms with Crippen molar-refractivity contribution in [1.82, 2.24) is 10.2 Å². The molecule has 30 heavy (non-hydrogen) atoms. The lowest BCUT2D eigenvalue weighted by Crippen LogP contribution is -2.49. The van der Waals surface area contributed by atoms with E-state index in [-0.39, 0.29) is 6.61 Å². The largest absolute Gasteiger partial charge is 0.462 e. The van der Waals surface area contributed by atoms with Crippen LogP contribution in [0.3, 0.4) is 0 Å². The summed E-state index contributed by atoms with van der Waals surface area (Å²) in [5.41, 5.74) is 4.54. The van der Waals surface area contributed by atoms with Gasteiger partial charge in [0.2, 0.25) is 6.29 Å². The fourth-order valence-electron chi connectivity index (χ4n) is 3.29. The van der Waals surface area contributed by atoms with E-state index in [1.807, 2.05) is 37.3 Å². The van der Waals surface area contributed by atoms with Crippen molar-refractivity contribution in [2.45, 2.75) is 45.4 Å². The van der Waals surface area contributed by atoms with Gasteiger partial charge in [-0.05, 0) is 54.8 Å². The zero-order valence-corrected chi connectivity index (χ0v) is 17.1. The summed E-state index contributed by atoms with van der Waals surface area (Å²) >= 11 is 0. The van der Waals surface area contributed by atoms with E-state index in [1.165, 1.54) is 6.92 Å². The van der Waals surface area contributed by atoms with E-state index in [2.05, 4.69) is 10.2 Å². The van der Waals surface area contributed by atoms with E-state index in [0.29, 0.717) is 5.75 Å². The summed E-state index contributed by atoms with van der Waals surface area (Å²) in [6.07, 6.45) is -6.59. The number of fused-ring (bicyclic) bond motifs is 1. The van der Waals surface area contributed by atoms with Crippen LogP contribution in [0.2, 0.25) is 0 Å². The third-order valence-electron chi connectivity index (χ3n) is 5.36. The summed E-state index contributed by atoms with van der Waals surface area (Å²) in [6.45, 7) is 4.91. The number of aliphatic hydroxyl groups excluding tert-OH is 5. The number of rotatable bonds is 8. The van der Waals surface area contributed by atoms with Gasteiger partial charge in [0.1, 0.15) is 18.0 Å². The quantitative estimate of drug-likeness (QED) is 0.304. The van der Waals surface area contributed by atoms with E-state index in [9.17, 15) is 20.4 Å². The van der Waals surface area contributed by atoms with Crippen molar-refractivity contribution in [2.75, 3.05) is 6.61 Å². The minimum Gasteiger partial charge on any atom is -0.462 e. The lowest BCUT2D eigenvalue weighted by molar-refractivity contribution is -0.172. The summed E-state index contributed by atoms with van der Waals surface area (Å²) in [6, 6.07) is 11.3. The SMILES string of the molecule is Cc1cc(-c2ccc3n[nH]c(C)c3c2)ccc1OC(O)C(O)C(O)C(O)C(C)CO. The zero-order chi connectivity index (χ0) is 22.0. The number of ether oxygens (including phenoxy) is 1. The Labute approximate surface area is 174 Å².